The van der Waals surface area contributed by atoms with Gasteiger partial charge in [0.2, 0.25) is 10.0 Å². The fourth-order valence-electron chi connectivity index (χ4n) is 15.0. The minimum absolute atomic E-state index is 0.127. The van der Waals surface area contributed by atoms with Gasteiger partial charge in [-0.25, -0.2) is 27.1 Å². The Kier molecular flexibility index (Phi) is 57.9. The summed E-state index contributed by atoms with van der Waals surface area (Å²) in [7, 11) is -1.78. The number of rotatable bonds is 40. The van der Waals surface area contributed by atoms with Gasteiger partial charge in [0.1, 0.15) is 35.3 Å². The van der Waals surface area contributed by atoms with Crippen LogP contribution >= 0.6 is 0 Å². The van der Waals surface area contributed by atoms with E-state index in [2.05, 4.69) is 287 Å². The van der Waals surface area contributed by atoms with Gasteiger partial charge in [0.25, 0.3) is 11.8 Å². The van der Waals surface area contributed by atoms with Crippen LogP contribution in [-0.4, -0.2) is 265 Å². The maximum Gasteiger partial charge on any atom is 0.410 e. The number of aryl methyl sites for hydroxylation is 1. The first kappa shape index (κ1) is 130. The van der Waals surface area contributed by atoms with E-state index < -0.39 is 96.7 Å². The monoisotopic (exact) mass is 2060 g/mol. The lowest BCUT2D eigenvalue weighted by molar-refractivity contribution is 0.0298. The third-order valence-electron chi connectivity index (χ3n) is 22.4. The number of sulfonamides is 1. The zero-order valence-corrected chi connectivity index (χ0v) is 105. The second-order valence-electron chi connectivity index (χ2n) is 50.5. The highest BCUT2D eigenvalue weighted by Crippen LogP contribution is 2.45. The van der Waals surface area contributed by atoms with Gasteiger partial charge in [-0.2, -0.15) is 0 Å². The molecule has 1 aliphatic heterocycles. The number of aliphatic imine (C=N–C) groups is 1. The zero-order chi connectivity index (χ0) is 104. The third kappa shape index (κ3) is 62.6. The smallest absolute Gasteiger partial charge is 0.410 e. The molecule has 1 heterocycles. The zero-order valence-electron chi connectivity index (χ0n) is 94.2. The largest absolute Gasteiger partial charge is 0.448 e. The van der Waals surface area contributed by atoms with Crippen molar-refractivity contribution >= 4 is 127 Å². The molecule has 770 valence electrons. The molecule has 0 bridgehead atoms. The summed E-state index contributed by atoms with van der Waals surface area (Å²) in [4.78, 5) is 73.4. The summed E-state index contributed by atoms with van der Waals surface area (Å²) in [6, 6.07) is 51.1. The Morgan fingerprint density at radius 3 is 1.06 bits per heavy atom. The number of carbonyl (C=O) groups is 5. The number of hydrogen-bond donors (Lipinski definition) is 0. The van der Waals surface area contributed by atoms with Gasteiger partial charge in [-0.05, 0) is 172 Å². The van der Waals surface area contributed by atoms with Crippen LogP contribution in [0.4, 0.5) is 14.4 Å². The molecule has 0 atom stereocenters. The van der Waals surface area contributed by atoms with Crippen LogP contribution in [0.3, 0.4) is 0 Å². The number of hydrogen-bond acceptors (Lipinski definition) is 13. The first-order chi connectivity index (χ1) is 61.5. The summed E-state index contributed by atoms with van der Waals surface area (Å²) >= 11 is 0. The van der Waals surface area contributed by atoms with E-state index in [1.165, 1.54) is 106 Å². The molecule has 5 amide bonds. The summed E-state index contributed by atoms with van der Waals surface area (Å²) < 4.78 is 45.3. The average Bonchev–Trinajstić information content (AvgIpc) is 1.62. The normalized spacial score (nSPS) is 13.0. The number of amides is 5. The predicted octanol–water partition coefficient (Wildman–Crippen LogP) is 29.7. The van der Waals surface area contributed by atoms with Crippen LogP contribution in [-0.2, 0) is 30.8 Å². The summed E-state index contributed by atoms with van der Waals surface area (Å²) in [5, 5.41) is 0. The van der Waals surface area contributed by atoms with Crippen molar-refractivity contribution in [1.29, 1.82) is 0 Å². The molecule has 5 aromatic carbocycles. The van der Waals surface area contributed by atoms with Gasteiger partial charge < -0.3 is 38.0 Å². The Morgan fingerprint density at radius 1 is 0.385 bits per heavy atom. The minimum atomic E-state index is -3.32. The summed E-state index contributed by atoms with van der Waals surface area (Å²) in [5.74, 6) is -0.140. The molecular weight excluding hydrogens is 1860 g/mol. The molecule has 0 radical (unpaired) electrons. The fraction of sp³-hybridized carbons (Fsp3) is 0.660. The molecule has 0 unspecified atom stereocenters. The van der Waals surface area contributed by atoms with Crippen molar-refractivity contribution in [2.45, 2.75) is 361 Å². The van der Waals surface area contributed by atoms with Crippen LogP contribution in [0.15, 0.2) is 137 Å². The van der Waals surface area contributed by atoms with Gasteiger partial charge in [0.05, 0.1) is 16.0 Å². The highest BCUT2D eigenvalue weighted by molar-refractivity contribution is 7.89. The van der Waals surface area contributed by atoms with Crippen molar-refractivity contribution in [2.75, 3.05) is 101 Å². The number of imide groups is 1. The fourth-order valence-corrected chi connectivity index (χ4v) is 35.7. The van der Waals surface area contributed by atoms with Crippen molar-refractivity contribution in [3.05, 3.63) is 161 Å². The molecule has 5 aromatic rings. The Labute approximate surface area is 839 Å². The molecule has 29 heteroatoms. The van der Waals surface area contributed by atoms with Gasteiger partial charge in [0, 0.05) is 144 Å². The van der Waals surface area contributed by atoms with Gasteiger partial charge in [-0.3, -0.25) is 19.5 Å². The molecule has 0 fully saturated rings. The predicted molar refractivity (Wildman–Crippen MR) is 616 cm³/mol. The van der Waals surface area contributed by atoms with E-state index in [4.69, 9.17) is 14.2 Å². The molecule has 0 saturated carbocycles. The SMILES string of the molecule is CC(C)=NCCC[Si](C)(C)C.CN(C)CCC[Si](C)(C)C.CN(CCC[Si](C)(C)C)C(=O)OC(C)(C)C.CN(CCC[Si](C)(C)C)C(=O)OCC1c2ccccc2-c2ccccc21.CN(CCC[Si](C)(C)C)C(=O)OCc1ccccc1.C[Si](C)(C)CCCN([Si](C)(C)C)[Si](C)(C)C.C[Si](C)(C)CCCN1C(=O)c2ccccc2C1=O.Cc1ccc(S(=O)(=O)N(C)CCC[Si](C)(C)C)cc1. The van der Waals surface area contributed by atoms with Gasteiger partial charge in [-0.1, -0.05) is 353 Å². The number of benzene rings is 5. The Bertz CT molecular complexity index is 4290. The van der Waals surface area contributed by atoms with Crippen molar-refractivity contribution in [3.63, 3.8) is 0 Å². The molecule has 0 aromatic heterocycles. The topological polar surface area (TPSA) is 182 Å². The Morgan fingerprint density at radius 2 is 0.704 bits per heavy atom. The second-order valence-corrected chi connectivity index (χ2v) is 108. The first-order valence-electron chi connectivity index (χ1n) is 50.3. The van der Waals surface area contributed by atoms with Crippen LogP contribution in [0.25, 0.3) is 11.1 Å². The molecule has 2 aliphatic rings. The van der Waals surface area contributed by atoms with E-state index in [0.717, 1.165) is 81.5 Å². The highest BCUT2D eigenvalue weighted by Gasteiger charge is 2.37. The van der Waals surface area contributed by atoms with Crippen LogP contribution in [0, 0.1) is 6.92 Å². The van der Waals surface area contributed by atoms with E-state index >= 15 is 0 Å². The highest BCUT2D eigenvalue weighted by atomic mass is 32.2. The van der Waals surface area contributed by atoms with E-state index in [-0.39, 0.29) is 36.0 Å². The van der Waals surface area contributed by atoms with Gasteiger partial charge in [-0.15, -0.1) is 0 Å². The third-order valence-corrected chi connectivity index (χ3v) is 46.8. The minimum Gasteiger partial charge on any atom is -0.448 e. The second kappa shape index (κ2) is 60.2. The molecular formula is C106H200N8O10SSi10. The first-order valence-corrected chi connectivity index (χ1v) is 88.3. The number of nitrogens with zero attached hydrogens (tertiary/aromatic N) is 8. The molecule has 0 saturated heterocycles. The van der Waals surface area contributed by atoms with Crippen LogP contribution in [0.2, 0.25) is 245 Å². The summed E-state index contributed by atoms with van der Waals surface area (Å²) in [6.07, 6.45) is 8.45. The van der Waals surface area contributed by atoms with E-state index in [1.54, 1.807) is 72.2 Å². The van der Waals surface area contributed by atoms with E-state index in [9.17, 15) is 32.4 Å². The summed E-state index contributed by atoms with van der Waals surface area (Å²) in [6.45, 7) is 91.6. The standard InChI is InChI=1S/C22H29NO2Si.C15H25NO2Si.C14H25NO2SSi.C14H19NO2Si.C12H27NO2Si.C12H33NSi3.C9H21NSi.C8H21NSi/c1-23(14-9-15-26(2,3)4)22(24)25-16-21-19-12-7-5-10-17(19)18-11-6-8-13-20(18)21;1-16(11-8-12-19(2,3)4)15(17)18-13-14-9-6-5-7-10-14;1-13-7-9-14(10-8-13)18(16,17)15(2)11-6-12-19(3,4)5;1-18(2,3)10-6-9-15-13(16)11-7-4-5-8-12(11)14(15)17;1-12(2,3)15-11(14)13(4)9-8-10-16(5,6)7;1-14(2,3)12-10-11-13(15(4,5)6)16(7,8)9;1-9(2)10-7-6-8-11(3,4)5;1-9(2)7-6-8-10(3,4)5/h5-8,10-13,21H,9,14-16H2,1-4H3;5-7,9-10H,8,11-13H2,1-4H3;7-10H,6,11-12H2,1-5H3;4-5,7-8H,6,9-10H2,1-3H3;8-10H2,1-7H3;10-12H2,1-9H3;6-8H2,1-5H3;6-8H2,1-5H3. The van der Waals surface area contributed by atoms with E-state index in [0.29, 0.717) is 42.3 Å². The lowest BCUT2D eigenvalue weighted by Gasteiger charge is -2.44. The number of ether oxygens (including phenoxy) is 3. The van der Waals surface area contributed by atoms with Crippen LogP contribution in [0.1, 0.15) is 135 Å². The number of fused-ring (bicyclic) bond motifs is 4. The van der Waals surface area contributed by atoms with Crippen molar-refractivity contribution < 1.29 is 46.6 Å². The maximum absolute atomic E-state index is 12.4. The molecule has 0 N–H and O–H groups in total. The lowest BCUT2D eigenvalue weighted by Crippen LogP contribution is -2.59. The Hall–Kier alpha value is -5.28. The maximum atomic E-state index is 12.4. The molecule has 18 nitrogen and oxygen atoms in total. The van der Waals surface area contributed by atoms with Crippen molar-refractivity contribution in [1.82, 2.24) is 33.0 Å². The van der Waals surface area contributed by atoms with E-state index in [1.807, 2.05) is 77.2 Å². The lowest BCUT2D eigenvalue weighted by atomic mass is 9.98. The average molecular weight is 2060 g/mol. The van der Waals surface area contributed by atoms with Crippen LogP contribution in [0.5, 0.6) is 0 Å². The van der Waals surface area contributed by atoms with Crippen LogP contribution < -0.4 is 0 Å². The molecule has 1 aliphatic carbocycles. The molecule has 135 heavy (non-hydrogen) atoms. The van der Waals surface area contributed by atoms with Gasteiger partial charge in [0.15, 0.2) is 0 Å². The van der Waals surface area contributed by atoms with Gasteiger partial charge >= 0.3 is 18.3 Å². The molecule has 0 spiro atoms. The van der Waals surface area contributed by atoms with Crippen molar-refractivity contribution in [2.24, 2.45) is 4.99 Å². The number of carbonyl (C=O) groups excluding carboxylic acids is 5. The molecule has 7 rings (SSSR count). The quantitative estimate of drug-likeness (QED) is 0.0119. The Balaban J connectivity index is 0.00000154. The van der Waals surface area contributed by atoms with Crippen molar-refractivity contribution in [3.8, 4) is 11.1 Å². The summed E-state index contributed by atoms with van der Waals surface area (Å²) in [5.41, 5.74) is 9.02.